The number of hydrogen-bond donors (Lipinski definition) is 0. The van der Waals surface area contributed by atoms with E-state index >= 15 is 0 Å². The van der Waals surface area contributed by atoms with Crippen molar-refractivity contribution in [1.29, 1.82) is 0 Å². The molecule has 0 N–H and O–H groups in total. The third-order valence-electron chi connectivity index (χ3n) is 4.39. The number of carbonyl (C=O) groups is 1. The predicted molar refractivity (Wildman–Crippen MR) is 89.0 cm³/mol. The van der Waals surface area contributed by atoms with E-state index in [1.165, 1.54) is 5.57 Å². The summed E-state index contributed by atoms with van der Waals surface area (Å²) in [6.45, 7) is 8.70. The van der Waals surface area contributed by atoms with Gasteiger partial charge in [0, 0.05) is 6.42 Å². The van der Waals surface area contributed by atoms with Crippen LogP contribution >= 0.6 is 0 Å². The van der Waals surface area contributed by atoms with Crippen LogP contribution in [0.3, 0.4) is 0 Å². The van der Waals surface area contributed by atoms with Crippen molar-refractivity contribution in [2.75, 3.05) is 0 Å². The van der Waals surface area contributed by atoms with E-state index in [1.54, 1.807) is 0 Å². The van der Waals surface area contributed by atoms with Crippen LogP contribution in [0.5, 0.6) is 0 Å². The van der Waals surface area contributed by atoms with Gasteiger partial charge in [0.25, 0.3) is 0 Å². The molecule has 1 aromatic rings. The fraction of sp³-hybridized carbons (Fsp3) is 0.450. The predicted octanol–water partition coefficient (Wildman–Crippen LogP) is 4.14. The van der Waals surface area contributed by atoms with Crippen molar-refractivity contribution in [1.82, 2.24) is 0 Å². The Morgan fingerprint density at radius 3 is 2.41 bits per heavy atom. The lowest BCUT2D eigenvalue weighted by Crippen LogP contribution is -2.10. The van der Waals surface area contributed by atoms with Crippen molar-refractivity contribution in [3.63, 3.8) is 0 Å². The van der Waals surface area contributed by atoms with Crippen LogP contribution in [0.25, 0.3) is 0 Å². The summed E-state index contributed by atoms with van der Waals surface area (Å²) in [6, 6.07) is 7.89. The van der Waals surface area contributed by atoms with Crippen LogP contribution in [0.4, 0.5) is 0 Å². The molecule has 1 fully saturated rings. The third kappa shape index (κ3) is 3.60. The van der Waals surface area contributed by atoms with Crippen LogP contribution in [0.1, 0.15) is 38.8 Å². The van der Waals surface area contributed by atoms with Gasteiger partial charge in [0.05, 0.1) is 5.92 Å². The van der Waals surface area contributed by atoms with Crippen molar-refractivity contribution >= 4 is 5.97 Å². The summed E-state index contributed by atoms with van der Waals surface area (Å²) < 4.78 is 5.49. The molecule has 116 valence electrons. The van der Waals surface area contributed by atoms with Crippen molar-refractivity contribution in [3.05, 3.63) is 47.0 Å². The van der Waals surface area contributed by atoms with Gasteiger partial charge in [-0.1, -0.05) is 49.8 Å². The van der Waals surface area contributed by atoms with E-state index in [4.69, 9.17) is 11.2 Å². The monoisotopic (exact) mass is 296 g/mol. The smallest absolute Gasteiger partial charge is 0.310 e. The third-order valence-corrected chi connectivity index (χ3v) is 4.39. The van der Waals surface area contributed by atoms with Crippen molar-refractivity contribution in [2.24, 2.45) is 17.3 Å². The Morgan fingerprint density at radius 2 is 1.86 bits per heavy atom. The van der Waals surface area contributed by atoms with Crippen LogP contribution < -0.4 is 0 Å². The Balaban J connectivity index is 1.91. The average Bonchev–Trinajstić information content (AvgIpc) is 2.98. The number of benzene rings is 1. The number of allylic oxidation sites excluding steroid dienone is 2. The van der Waals surface area contributed by atoms with Gasteiger partial charge in [-0.05, 0) is 36.3 Å². The zero-order chi connectivity index (χ0) is 16.3. The molecule has 0 spiro atoms. The quantitative estimate of drug-likeness (QED) is 0.463. The summed E-state index contributed by atoms with van der Waals surface area (Å²) in [4.78, 5) is 12.3. The van der Waals surface area contributed by atoms with Crippen molar-refractivity contribution in [3.8, 4) is 12.3 Å². The summed E-state index contributed by atoms with van der Waals surface area (Å²) in [5.41, 5.74) is 3.35. The first-order chi connectivity index (χ1) is 10.4. The van der Waals surface area contributed by atoms with Gasteiger partial charge in [-0.15, -0.1) is 12.3 Å². The lowest BCUT2D eigenvalue weighted by atomic mass is 10.1. The summed E-state index contributed by atoms with van der Waals surface area (Å²) in [7, 11) is 0. The largest absolute Gasteiger partial charge is 0.461 e. The number of ether oxygens (including phenoxy) is 1. The van der Waals surface area contributed by atoms with Gasteiger partial charge in [0.15, 0.2) is 0 Å². The molecule has 0 bridgehead atoms. The molecule has 1 aromatic carbocycles. The van der Waals surface area contributed by atoms with E-state index in [2.05, 4.69) is 39.7 Å². The molecule has 2 rings (SSSR count). The topological polar surface area (TPSA) is 26.3 Å². The lowest BCUT2D eigenvalue weighted by molar-refractivity contribution is -0.147. The van der Waals surface area contributed by atoms with Gasteiger partial charge >= 0.3 is 5.97 Å². The molecule has 0 heterocycles. The molecule has 2 nitrogen and oxygen atoms in total. The summed E-state index contributed by atoms with van der Waals surface area (Å²) in [5, 5.41) is 0. The molecule has 2 unspecified atom stereocenters. The minimum absolute atomic E-state index is 0.00497. The zero-order valence-corrected chi connectivity index (χ0v) is 13.8. The van der Waals surface area contributed by atoms with Gasteiger partial charge < -0.3 is 4.74 Å². The Hall–Kier alpha value is -2.01. The number of terminal acetylenes is 1. The minimum Gasteiger partial charge on any atom is -0.461 e. The Kier molecular flexibility index (Phi) is 4.76. The molecule has 0 amide bonds. The Bertz CT molecular complexity index is 610. The normalized spacial score (nSPS) is 21.6. The molecule has 0 aliphatic heterocycles. The highest BCUT2D eigenvalue weighted by Crippen LogP contribution is 2.59. The number of hydrogen-bond acceptors (Lipinski definition) is 2. The number of carbonyl (C=O) groups excluding carboxylic acids is 1. The van der Waals surface area contributed by atoms with Crippen molar-refractivity contribution < 1.29 is 9.53 Å². The van der Waals surface area contributed by atoms with E-state index in [0.29, 0.717) is 18.9 Å². The second-order valence-corrected chi connectivity index (χ2v) is 6.87. The van der Waals surface area contributed by atoms with Gasteiger partial charge in [-0.25, -0.2) is 0 Å². The molecule has 0 radical (unpaired) electrons. The molecule has 22 heavy (non-hydrogen) atoms. The van der Waals surface area contributed by atoms with Gasteiger partial charge in [0.2, 0.25) is 0 Å². The molecule has 1 aliphatic carbocycles. The first kappa shape index (κ1) is 16.4. The second-order valence-electron chi connectivity index (χ2n) is 6.87. The molecule has 1 saturated carbocycles. The second kappa shape index (κ2) is 6.40. The van der Waals surface area contributed by atoms with E-state index < -0.39 is 0 Å². The van der Waals surface area contributed by atoms with E-state index in [1.807, 2.05) is 24.3 Å². The first-order valence-corrected chi connectivity index (χ1v) is 7.69. The standard InChI is InChI=1S/C20H24O2/c1-6-7-15-8-10-16(11-9-15)13-22-19(21)18-17(12-14(2)3)20(18,4)5/h1,8-12,17-18H,7,13H2,2-5H3. The van der Waals surface area contributed by atoms with Crippen LogP contribution in [-0.2, 0) is 22.6 Å². The highest BCUT2D eigenvalue weighted by molar-refractivity contribution is 5.78. The molecule has 0 saturated heterocycles. The van der Waals surface area contributed by atoms with E-state index in [0.717, 1.165) is 11.1 Å². The lowest BCUT2D eigenvalue weighted by Gasteiger charge is -2.06. The van der Waals surface area contributed by atoms with E-state index in [9.17, 15) is 4.79 Å². The average molecular weight is 296 g/mol. The first-order valence-electron chi connectivity index (χ1n) is 7.69. The molecular formula is C20H24O2. The maximum Gasteiger partial charge on any atom is 0.310 e. The maximum atomic E-state index is 12.3. The van der Waals surface area contributed by atoms with E-state index in [-0.39, 0.29) is 17.3 Å². The highest BCUT2D eigenvalue weighted by Gasteiger charge is 2.61. The Morgan fingerprint density at radius 1 is 1.27 bits per heavy atom. The van der Waals surface area contributed by atoms with Gasteiger partial charge in [-0.2, -0.15) is 0 Å². The fourth-order valence-electron chi connectivity index (χ4n) is 2.91. The Labute approximate surface area is 133 Å². The number of esters is 1. The SMILES string of the molecule is C#CCc1ccc(COC(=O)C2C(C=C(C)C)C2(C)C)cc1. The van der Waals surface area contributed by atoms with Gasteiger partial charge in [0.1, 0.15) is 6.61 Å². The van der Waals surface area contributed by atoms with Crippen LogP contribution in [0.15, 0.2) is 35.9 Å². The van der Waals surface area contributed by atoms with Crippen LogP contribution in [-0.4, -0.2) is 5.97 Å². The fourth-order valence-corrected chi connectivity index (χ4v) is 2.91. The number of rotatable bonds is 5. The molecule has 1 aliphatic rings. The zero-order valence-electron chi connectivity index (χ0n) is 13.8. The molecular weight excluding hydrogens is 272 g/mol. The van der Waals surface area contributed by atoms with Crippen LogP contribution in [0.2, 0.25) is 0 Å². The molecule has 2 atom stereocenters. The summed E-state index contributed by atoms with van der Waals surface area (Å²) in [5.74, 6) is 2.79. The van der Waals surface area contributed by atoms with Gasteiger partial charge in [-0.3, -0.25) is 4.79 Å². The molecule has 2 heteroatoms. The minimum atomic E-state index is -0.0970. The van der Waals surface area contributed by atoms with Crippen LogP contribution in [0, 0.1) is 29.6 Å². The summed E-state index contributed by atoms with van der Waals surface area (Å²) >= 11 is 0. The molecule has 0 aromatic heterocycles. The maximum absolute atomic E-state index is 12.3. The van der Waals surface area contributed by atoms with Crippen molar-refractivity contribution in [2.45, 2.75) is 40.7 Å². The summed E-state index contributed by atoms with van der Waals surface area (Å²) in [6.07, 6.45) is 8.09. The highest BCUT2D eigenvalue weighted by atomic mass is 16.5.